The van der Waals surface area contributed by atoms with Crippen LogP contribution < -0.4 is 5.32 Å². The molecule has 0 bridgehead atoms. The van der Waals surface area contributed by atoms with Crippen molar-refractivity contribution < 1.29 is 9.90 Å². The summed E-state index contributed by atoms with van der Waals surface area (Å²) in [5, 5.41) is 11.9. The smallest absolute Gasteiger partial charge is 0.251 e. The van der Waals surface area contributed by atoms with Gasteiger partial charge in [0, 0.05) is 12.1 Å². The second-order valence-corrected chi connectivity index (χ2v) is 4.98. The number of aryl methyl sites for hydroxylation is 2. The summed E-state index contributed by atoms with van der Waals surface area (Å²) in [5.74, 6) is -0.0614. The van der Waals surface area contributed by atoms with E-state index in [1.165, 1.54) is 0 Å². The number of benzene rings is 2. The second kappa shape index (κ2) is 6.35. The Morgan fingerprint density at radius 3 is 2.30 bits per heavy atom. The van der Waals surface area contributed by atoms with Crippen molar-refractivity contribution in [2.24, 2.45) is 0 Å². The third-order valence-electron chi connectivity index (χ3n) is 3.29. The predicted molar refractivity (Wildman–Crippen MR) is 79.5 cm³/mol. The molecule has 104 valence electrons. The number of carbonyl (C=O) groups is 1. The van der Waals surface area contributed by atoms with Crippen LogP contribution in [0.5, 0.6) is 0 Å². The molecule has 0 aliphatic rings. The highest BCUT2D eigenvalue weighted by atomic mass is 16.3. The molecule has 0 aromatic heterocycles. The van der Waals surface area contributed by atoms with Crippen molar-refractivity contribution in [3.63, 3.8) is 0 Å². The minimum atomic E-state index is -0.0614. The van der Waals surface area contributed by atoms with Gasteiger partial charge < -0.3 is 10.4 Å². The van der Waals surface area contributed by atoms with Gasteiger partial charge in [-0.1, -0.05) is 42.0 Å². The Hall–Kier alpha value is -2.13. The number of hydrogen-bond donors (Lipinski definition) is 2. The maximum Gasteiger partial charge on any atom is 0.251 e. The van der Waals surface area contributed by atoms with E-state index in [1.807, 2.05) is 56.3 Å². The van der Waals surface area contributed by atoms with Gasteiger partial charge in [0.05, 0.1) is 6.61 Å². The molecular formula is C17H19NO2. The van der Waals surface area contributed by atoms with Gasteiger partial charge in [0.2, 0.25) is 0 Å². The SMILES string of the molecule is Cc1ccc(C(=O)NCc2ccc(CO)cc2)c(C)c1. The fourth-order valence-electron chi connectivity index (χ4n) is 2.11. The Balaban J connectivity index is 2.00. The first-order valence-electron chi connectivity index (χ1n) is 6.64. The van der Waals surface area contributed by atoms with Crippen molar-refractivity contribution >= 4 is 5.91 Å². The fourth-order valence-corrected chi connectivity index (χ4v) is 2.11. The van der Waals surface area contributed by atoms with Crippen LogP contribution >= 0.6 is 0 Å². The summed E-state index contributed by atoms with van der Waals surface area (Å²) in [5.41, 5.74) is 4.73. The molecule has 2 N–H and O–H groups in total. The summed E-state index contributed by atoms with van der Waals surface area (Å²) >= 11 is 0. The van der Waals surface area contributed by atoms with Gasteiger partial charge in [-0.25, -0.2) is 0 Å². The van der Waals surface area contributed by atoms with E-state index < -0.39 is 0 Å². The number of hydrogen-bond acceptors (Lipinski definition) is 2. The molecule has 3 nitrogen and oxygen atoms in total. The van der Waals surface area contributed by atoms with Gasteiger partial charge in [-0.2, -0.15) is 0 Å². The maximum atomic E-state index is 12.1. The quantitative estimate of drug-likeness (QED) is 0.896. The van der Waals surface area contributed by atoms with Crippen LogP contribution in [0.25, 0.3) is 0 Å². The molecule has 1 amide bonds. The number of aliphatic hydroxyl groups is 1. The van der Waals surface area contributed by atoms with E-state index in [0.717, 1.165) is 22.3 Å². The van der Waals surface area contributed by atoms with E-state index in [2.05, 4.69) is 5.32 Å². The Labute approximate surface area is 119 Å². The maximum absolute atomic E-state index is 12.1. The van der Waals surface area contributed by atoms with Crippen LogP contribution in [0.3, 0.4) is 0 Å². The van der Waals surface area contributed by atoms with Crippen molar-refractivity contribution in [2.75, 3.05) is 0 Å². The third-order valence-corrected chi connectivity index (χ3v) is 3.29. The summed E-state index contributed by atoms with van der Waals surface area (Å²) in [6.07, 6.45) is 0. The molecule has 2 aromatic carbocycles. The molecule has 2 aromatic rings. The van der Waals surface area contributed by atoms with Crippen LogP contribution in [0.15, 0.2) is 42.5 Å². The molecule has 0 saturated heterocycles. The summed E-state index contributed by atoms with van der Waals surface area (Å²) in [6, 6.07) is 13.3. The number of aliphatic hydroxyl groups excluding tert-OH is 1. The number of amides is 1. The minimum absolute atomic E-state index is 0.0369. The molecule has 0 atom stereocenters. The zero-order chi connectivity index (χ0) is 14.5. The highest BCUT2D eigenvalue weighted by Crippen LogP contribution is 2.11. The van der Waals surface area contributed by atoms with Crippen LogP contribution in [0, 0.1) is 13.8 Å². The molecule has 0 radical (unpaired) electrons. The molecule has 0 saturated carbocycles. The monoisotopic (exact) mass is 269 g/mol. The van der Waals surface area contributed by atoms with Crippen molar-refractivity contribution in [3.8, 4) is 0 Å². The number of nitrogens with one attached hydrogen (secondary N) is 1. The topological polar surface area (TPSA) is 49.3 Å². The fraction of sp³-hybridized carbons (Fsp3) is 0.235. The first kappa shape index (κ1) is 14.3. The molecule has 20 heavy (non-hydrogen) atoms. The van der Waals surface area contributed by atoms with Gasteiger partial charge >= 0.3 is 0 Å². The predicted octanol–water partition coefficient (Wildman–Crippen LogP) is 2.73. The molecule has 0 unspecified atom stereocenters. The lowest BCUT2D eigenvalue weighted by atomic mass is 10.1. The zero-order valence-electron chi connectivity index (χ0n) is 11.8. The molecule has 0 heterocycles. The molecule has 0 spiro atoms. The molecule has 0 aliphatic heterocycles. The van der Waals surface area contributed by atoms with E-state index >= 15 is 0 Å². The second-order valence-electron chi connectivity index (χ2n) is 4.98. The van der Waals surface area contributed by atoms with Crippen LogP contribution in [0.4, 0.5) is 0 Å². The van der Waals surface area contributed by atoms with Crippen LogP contribution in [-0.2, 0) is 13.2 Å². The van der Waals surface area contributed by atoms with Crippen LogP contribution in [-0.4, -0.2) is 11.0 Å². The lowest BCUT2D eigenvalue weighted by Gasteiger charge is -2.09. The van der Waals surface area contributed by atoms with Crippen LogP contribution in [0.1, 0.15) is 32.6 Å². The highest BCUT2D eigenvalue weighted by Gasteiger charge is 2.08. The molecule has 0 fully saturated rings. The lowest BCUT2D eigenvalue weighted by molar-refractivity contribution is 0.0950. The normalized spacial score (nSPS) is 10.3. The highest BCUT2D eigenvalue weighted by molar-refractivity contribution is 5.95. The van der Waals surface area contributed by atoms with Crippen molar-refractivity contribution in [2.45, 2.75) is 27.0 Å². The van der Waals surface area contributed by atoms with Gasteiger partial charge in [-0.3, -0.25) is 4.79 Å². The minimum Gasteiger partial charge on any atom is -0.392 e. The van der Waals surface area contributed by atoms with Crippen molar-refractivity contribution in [3.05, 3.63) is 70.3 Å². The van der Waals surface area contributed by atoms with Gasteiger partial charge in [0.25, 0.3) is 5.91 Å². The summed E-state index contributed by atoms with van der Waals surface area (Å²) in [6.45, 7) is 4.47. The lowest BCUT2D eigenvalue weighted by Crippen LogP contribution is -2.23. The molecular weight excluding hydrogens is 250 g/mol. The zero-order valence-corrected chi connectivity index (χ0v) is 11.8. The van der Waals surface area contributed by atoms with E-state index in [1.54, 1.807) is 0 Å². The van der Waals surface area contributed by atoms with Crippen molar-refractivity contribution in [1.82, 2.24) is 5.32 Å². The standard InChI is InChI=1S/C17H19NO2/c1-12-3-8-16(13(2)9-12)17(20)18-10-14-4-6-15(11-19)7-5-14/h3-9,19H,10-11H2,1-2H3,(H,18,20). The Kier molecular flexibility index (Phi) is 4.53. The summed E-state index contributed by atoms with van der Waals surface area (Å²) < 4.78 is 0. The Morgan fingerprint density at radius 1 is 1.05 bits per heavy atom. The average Bonchev–Trinajstić information content (AvgIpc) is 2.45. The first-order valence-corrected chi connectivity index (χ1v) is 6.64. The molecule has 0 aliphatic carbocycles. The van der Waals surface area contributed by atoms with Gasteiger partial charge in [-0.05, 0) is 36.6 Å². The van der Waals surface area contributed by atoms with E-state index in [9.17, 15) is 4.79 Å². The Morgan fingerprint density at radius 2 is 1.70 bits per heavy atom. The largest absolute Gasteiger partial charge is 0.392 e. The number of rotatable bonds is 4. The summed E-state index contributed by atoms with van der Waals surface area (Å²) in [7, 11) is 0. The van der Waals surface area contributed by atoms with E-state index in [4.69, 9.17) is 5.11 Å². The van der Waals surface area contributed by atoms with Gasteiger partial charge in [0.1, 0.15) is 0 Å². The third kappa shape index (κ3) is 3.45. The van der Waals surface area contributed by atoms with Gasteiger partial charge in [-0.15, -0.1) is 0 Å². The molecule has 2 rings (SSSR count). The van der Waals surface area contributed by atoms with Crippen molar-refractivity contribution in [1.29, 1.82) is 0 Å². The first-order chi connectivity index (χ1) is 9.60. The summed E-state index contributed by atoms with van der Waals surface area (Å²) in [4.78, 5) is 12.1. The van der Waals surface area contributed by atoms with Crippen LogP contribution in [0.2, 0.25) is 0 Å². The number of carbonyl (C=O) groups excluding carboxylic acids is 1. The van der Waals surface area contributed by atoms with Gasteiger partial charge in [0.15, 0.2) is 0 Å². The average molecular weight is 269 g/mol. The van der Waals surface area contributed by atoms with E-state index in [0.29, 0.717) is 12.1 Å². The Bertz CT molecular complexity index is 603. The molecule has 3 heteroatoms. The van der Waals surface area contributed by atoms with E-state index in [-0.39, 0.29) is 12.5 Å².